The molecule has 0 radical (unpaired) electrons. The van der Waals surface area contributed by atoms with Gasteiger partial charge in [-0.1, -0.05) is 0 Å². The van der Waals surface area contributed by atoms with Crippen molar-refractivity contribution in [2.24, 2.45) is 13.0 Å². The van der Waals surface area contributed by atoms with E-state index >= 15 is 0 Å². The van der Waals surface area contributed by atoms with Crippen LogP contribution >= 0.6 is 0 Å². The number of hydrogen-bond acceptors (Lipinski definition) is 3. The standard InChI is InChI=1S/C12H17N3O3/c1-14-10(4-6-13-14)12(18)15-7-5-9(8-15)2-3-11(16)17/h4,6,9H,2-3,5,7-8H2,1H3,(H,16,17). The normalized spacial score (nSPS) is 19.2. The quantitative estimate of drug-likeness (QED) is 0.856. The van der Waals surface area contributed by atoms with Crippen molar-refractivity contribution in [3.8, 4) is 0 Å². The highest BCUT2D eigenvalue weighted by atomic mass is 16.4. The van der Waals surface area contributed by atoms with Gasteiger partial charge in [-0.05, 0) is 24.8 Å². The van der Waals surface area contributed by atoms with Crippen LogP contribution in [0.2, 0.25) is 0 Å². The predicted molar refractivity (Wildman–Crippen MR) is 64.1 cm³/mol. The van der Waals surface area contributed by atoms with Gasteiger partial charge in [-0.25, -0.2) is 0 Å². The monoisotopic (exact) mass is 251 g/mol. The molecule has 1 N–H and O–H groups in total. The Morgan fingerprint density at radius 1 is 1.56 bits per heavy atom. The number of aromatic nitrogens is 2. The van der Waals surface area contributed by atoms with Crippen molar-refractivity contribution in [2.45, 2.75) is 19.3 Å². The molecule has 1 aromatic rings. The van der Waals surface area contributed by atoms with Gasteiger partial charge >= 0.3 is 5.97 Å². The van der Waals surface area contributed by atoms with Gasteiger partial charge in [0, 0.05) is 32.8 Å². The van der Waals surface area contributed by atoms with E-state index in [9.17, 15) is 9.59 Å². The number of rotatable bonds is 4. The Morgan fingerprint density at radius 3 is 2.94 bits per heavy atom. The van der Waals surface area contributed by atoms with E-state index in [2.05, 4.69) is 5.10 Å². The van der Waals surface area contributed by atoms with Crippen molar-refractivity contribution in [1.29, 1.82) is 0 Å². The van der Waals surface area contributed by atoms with Crippen molar-refractivity contribution < 1.29 is 14.7 Å². The van der Waals surface area contributed by atoms with Crippen molar-refractivity contribution in [2.75, 3.05) is 13.1 Å². The molecule has 1 saturated heterocycles. The second-order valence-corrected chi connectivity index (χ2v) is 4.68. The second-order valence-electron chi connectivity index (χ2n) is 4.68. The van der Waals surface area contributed by atoms with E-state index in [1.807, 2.05) is 0 Å². The number of carboxylic acid groups (broad SMARTS) is 1. The molecule has 98 valence electrons. The molecule has 0 saturated carbocycles. The smallest absolute Gasteiger partial charge is 0.303 e. The van der Waals surface area contributed by atoms with Gasteiger partial charge in [0.15, 0.2) is 0 Å². The molecular formula is C12H17N3O3. The van der Waals surface area contributed by atoms with E-state index in [-0.39, 0.29) is 12.3 Å². The summed E-state index contributed by atoms with van der Waals surface area (Å²) in [6.45, 7) is 1.35. The maximum Gasteiger partial charge on any atom is 0.303 e. The van der Waals surface area contributed by atoms with Crippen LogP contribution in [0.5, 0.6) is 0 Å². The van der Waals surface area contributed by atoms with Gasteiger partial charge in [0.05, 0.1) is 0 Å². The third-order valence-electron chi connectivity index (χ3n) is 3.38. The fourth-order valence-corrected chi connectivity index (χ4v) is 2.33. The minimum Gasteiger partial charge on any atom is -0.481 e. The number of aliphatic carboxylic acids is 1. The lowest BCUT2D eigenvalue weighted by Gasteiger charge is -2.16. The summed E-state index contributed by atoms with van der Waals surface area (Å²) in [6.07, 6.45) is 3.31. The molecule has 18 heavy (non-hydrogen) atoms. The van der Waals surface area contributed by atoms with Gasteiger partial charge in [-0.2, -0.15) is 5.10 Å². The second kappa shape index (κ2) is 5.20. The van der Waals surface area contributed by atoms with Gasteiger partial charge < -0.3 is 10.0 Å². The minimum atomic E-state index is -0.772. The Morgan fingerprint density at radius 2 is 2.33 bits per heavy atom. The van der Waals surface area contributed by atoms with Crippen LogP contribution in [0.1, 0.15) is 29.8 Å². The zero-order valence-electron chi connectivity index (χ0n) is 10.4. The third kappa shape index (κ3) is 2.69. The first kappa shape index (κ1) is 12.6. The zero-order chi connectivity index (χ0) is 13.1. The summed E-state index contributed by atoms with van der Waals surface area (Å²) in [5, 5.41) is 12.6. The summed E-state index contributed by atoms with van der Waals surface area (Å²) in [5.74, 6) is -0.488. The molecule has 0 bridgehead atoms. The fraction of sp³-hybridized carbons (Fsp3) is 0.583. The van der Waals surface area contributed by atoms with Crippen molar-refractivity contribution >= 4 is 11.9 Å². The molecule has 1 aliphatic heterocycles. The Labute approximate surface area is 105 Å². The van der Waals surface area contributed by atoms with Crippen LogP contribution in [0.3, 0.4) is 0 Å². The summed E-state index contributed by atoms with van der Waals surface area (Å²) < 4.78 is 1.56. The molecule has 1 atom stereocenters. The number of aryl methyl sites for hydroxylation is 1. The number of carboxylic acids is 1. The molecule has 0 spiro atoms. The number of likely N-dealkylation sites (tertiary alicyclic amines) is 1. The average molecular weight is 251 g/mol. The molecule has 1 amide bonds. The number of amides is 1. The lowest BCUT2D eigenvalue weighted by molar-refractivity contribution is -0.137. The van der Waals surface area contributed by atoms with Crippen LogP contribution in [0.25, 0.3) is 0 Å². The van der Waals surface area contributed by atoms with Crippen molar-refractivity contribution in [1.82, 2.24) is 14.7 Å². The molecule has 0 aromatic carbocycles. The minimum absolute atomic E-state index is 0.0205. The van der Waals surface area contributed by atoms with Gasteiger partial charge in [-0.3, -0.25) is 14.3 Å². The van der Waals surface area contributed by atoms with Gasteiger partial charge in [0.1, 0.15) is 5.69 Å². The number of nitrogens with zero attached hydrogens (tertiary/aromatic N) is 3. The third-order valence-corrected chi connectivity index (χ3v) is 3.38. The van der Waals surface area contributed by atoms with Crippen LogP contribution in [0, 0.1) is 5.92 Å². The van der Waals surface area contributed by atoms with E-state index in [1.165, 1.54) is 0 Å². The van der Waals surface area contributed by atoms with Crippen LogP contribution in [0.15, 0.2) is 12.3 Å². The first-order valence-electron chi connectivity index (χ1n) is 6.07. The highest BCUT2D eigenvalue weighted by Gasteiger charge is 2.28. The van der Waals surface area contributed by atoms with Crippen LogP contribution in [-0.4, -0.2) is 44.8 Å². The largest absolute Gasteiger partial charge is 0.481 e. The summed E-state index contributed by atoms with van der Waals surface area (Å²) in [4.78, 5) is 24.5. The van der Waals surface area contributed by atoms with Gasteiger partial charge in [-0.15, -0.1) is 0 Å². The van der Waals surface area contributed by atoms with E-state index in [1.54, 1.807) is 28.9 Å². The lowest BCUT2D eigenvalue weighted by atomic mass is 10.0. The Bertz CT molecular complexity index is 455. The first-order valence-corrected chi connectivity index (χ1v) is 6.07. The SMILES string of the molecule is Cn1nccc1C(=O)N1CCC(CCC(=O)O)C1. The van der Waals surface area contributed by atoms with E-state index in [0.717, 1.165) is 6.42 Å². The van der Waals surface area contributed by atoms with Gasteiger partial charge in [0.25, 0.3) is 5.91 Å². The first-order chi connectivity index (χ1) is 8.58. The summed E-state index contributed by atoms with van der Waals surface area (Å²) in [6, 6.07) is 1.70. The van der Waals surface area contributed by atoms with Crippen molar-refractivity contribution in [3.63, 3.8) is 0 Å². The maximum absolute atomic E-state index is 12.2. The van der Waals surface area contributed by atoms with Crippen LogP contribution < -0.4 is 0 Å². The molecule has 1 fully saturated rings. The highest BCUT2D eigenvalue weighted by molar-refractivity contribution is 5.92. The lowest BCUT2D eigenvalue weighted by Crippen LogP contribution is -2.30. The molecule has 2 heterocycles. The molecule has 1 unspecified atom stereocenters. The molecule has 1 aromatic heterocycles. The molecule has 6 heteroatoms. The summed E-state index contributed by atoms with van der Waals surface area (Å²) in [5.41, 5.74) is 0.578. The number of carbonyl (C=O) groups excluding carboxylic acids is 1. The van der Waals surface area contributed by atoms with Crippen LogP contribution in [0.4, 0.5) is 0 Å². The Balaban J connectivity index is 1.91. The topological polar surface area (TPSA) is 75.4 Å². The summed E-state index contributed by atoms with van der Waals surface area (Å²) >= 11 is 0. The molecule has 2 rings (SSSR count). The van der Waals surface area contributed by atoms with E-state index in [0.29, 0.717) is 31.1 Å². The molecule has 1 aliphatic rings. The summed E-state index contributed by atoms with van der Waals surface area (Å²) in [7, 11) is 1.74. The fourth-order valence-electron chi connectivity index (χ4n) is 2.33. The molecule has 6 nitrogen and oxygen atoms in total. The molecular weight excluding hydrogens is 234 g/mol. The molecule has 0 aliphatic carbocycles. The van der Waals surface area contributed by atoms with E-state index in [4.69, 9.17) is 5.11 Å². The Kier molecular flexibility index (Phi) is 3.64. The zero-order valence-corrected chi connectivity index (χ0v) is 10.4. The average Bonchev–Trinajstić information content (AvgIpc) is 2.94. The number of hydrogen-bond donors (Lipinski definition) is 1. The predicted octanol–water partition coefficient (Wildman–Crippen LogP) is 0.747. The highest BCUT2D eigenvalue weighted by Crippen LogP contribution is 2.22. The maximum atomic E-state index is 12.2. The van der Waals surface area contributed by atoms with Gasteiger partial charge in [0.2, 0.25) is 0 Å². The van der Waals surface area contributed by atoms with E-state index < -0.39 is 5.97 Å². The van der Waals surface area contributed by atoms with Crippen LogP contribution in [-0.2, 0) is 11.8 Å². The van der Waals surface area contributed by atoms with Crippen molar-refractivity contribution in [3.05, 3.63) is 18.0 Å². The Hall–Kier alpha value is -1.85. The number of carbonyl (C=O) groups is 2.